The summed E-state index contributed by atoms with van der Waals surface area (Å²) >= 11 is 0. The Morgan fingerprint density at radius 2 is 2.28 bits per heavy atom. The first-order valence-electron chi connectivity index (χ1n) is 6.79. The van der Waals surface area contributed by atoms with Gasteiger partial charge in [-0.25, -0.2) is 0 Å². The highest BCUT2D eigenvalue weighted by Crippen LogP contribution is 2.29. The zero-order valence-corrected chi connectivity index (χ0v) is 11.5. The molecule has 1 fully saturated rings. The van der Waals surface area contributed by atoms with E-state index in [0.29, 0.717) is 5.41 Å². The van der Waals surface area contributed by atoms with Gasteiger partial charge in [0.1, 0.15) is 5.75 Å². The molecule has 0 aromatic heterocycles. The molecule has 1 atom stereocenters. The summed E-state index contributed by atoms with van der Waals surface area (Å²) in [6.45, 7) is 9.04. The van der Waals surface area contributed by atoms with Crippen molar-refractivity contribution in [2.24, 2.45) is 11.1 Å². The molecule has 3 heteroatoms. The molecule has 0 aliphatic carbocycles. The number of hydrogen-bond acceptors (Lipinski definition) is 3. The molecule has 0 saturated carbocycles. The van der Waals surface area contributed by atoms with Crippen LogP contribution in [0.15, 0.2) is 24.3 Å². The van der Waals surface area contributed by atoms with Gasteiger partial charge in [-0.3, -0.25) is 4.90 Å². The largest absolute Gasteiger partial charge is 0.494 e. The van der Waals surface area contributed by atoms with E-state index in [0.717, 1.165) is 38.5 Å². The minimum absolute atomic E-state index is 0.303. The Morgan fingerprint density at radius 1 is 1.44 bits per heavy atom. The van der Waals surface area contributed by atoms with E-state index in [9.17, 15) is 0 Å². The van der Waals surface area contributed by atoms with Gasteiger partial charge in [-0.15, -0.1) is 0 Å². The summed E-state index contributed by atoms with van der Waals surface area (Å²) in [5.41, 5.74) is 7.47. The summed E-state index contributed by atoms with van der Waals surface area (Å²) in [5, 5.41) is 0. The molecule has 1 aromatic carbocycles. The van der Waals surface area contributed by atoms with Crippen LogP contribution in [0.25, 0.3) is 0 Å². The Kier molecular flexibility index (Phi) is 4.25. The molecule has 0 bridgehead atoms. The second-order valence-corrected chi connectivity index (χ2v) is 5.56. The van der Waals surface area contributed by atoms with Gasteiger partial charge in [0.25, 0.3) is 0 Å². The van der Waals surface area contributed by atoms with Crippen molar-refractivity contribution in [1.29, 1.82) is 0 Å². The van der Waals surface area contributed by atoms with Crippen molar-refractivity contribution in [3.63, 3.8) is 0 Å². The lowest BCUT2D eigenvalue weighted by atomic mass is 9.90. The lowest BCUT2D eigenvalue weighted by Gasteiger charge is -2.22. The molecule has 1 heterocycles. The van der Waals surface area contributed by atoms with Crippen molar-refractivity contribution < 1.29 is 4.74 Å². The fourth-order valence-electron chi connectivity index (χ4n) is 2.59. The van der Waals surface area contributed by atoms with Crippen LogP contribution in [0, 0.1) is 5.41 Å². The maximum Gasteiger partial charge on any atom is 0.119 e. The predicted molar refractivity (Wildman–Crippen MR) is 74.7 cm³/mol. The van der Waals surface area contributed by atoms with Gasteiger partial charge < -0.3 is 10.5 Å². The van der Waals surface area contributed by atoms with Crippen LogP contribution < -0.4 is 10.5 Å². The number of hydrogen-bond donors (Lipinski definition) is 1. The standard InChI is InChI=1S/C15H24N2O/c1-3-18-14-6-4-5-13(9-14)10-17-8-7-15(2,11-16)12-17/h4-6,9H,3,7-8,10-12,16H2,1-2H3. The third kappa shape index (κ3) is 3.24. The minimum atomic E-state index is 0.303. The monoisotopic (exact) mass is 248 g/mol. The van der Waals surface area contributed by atoms with E-state index in [1.165, 1.54) is 12.0 Å². The lowest BCUT2D eigenvalue weighted by Crippen LogP contribution is -2.31. The van der Waals surface area contributed by atoms with Crippen molar-refractivity contribution in [3.05, 3.63) is 29.8 Å². The smallest absolute Gasteiger partial charge is 0.119 e. The van der Waals surface area contributed by atoms with E-state index in [2.05, 4.69) is 30.0 Å². The van der Waals surface area contributed by atoms with E-state index in [4.69, 9.17) is 10.5 Å². The van der Waals surface area contributed by atoms with Crippen LogP contribution in [0.1, 0.15) is 25.8 Å². The topological polar surface area (TPSA) is 38.5 Å². The van der Waals surface area contributed by atoms with Crippen LogP contribution in [0.5, 0.6) is 5.75 Å². The van der Waals surface area contributed by atoms with Gasteiger partial charge >= 0.3 is 0 Å². The first-order chi connectivity index (χ1) is 8.65. The number of rotatable bonds is 5. The Bertz CT molecular complexity index is 394. The molecular weight excluding hydrogens is 224 g/mol. The first kappa shape index (κ1) is 13.4. The molecule has 1 saturated heterocycles. The van der Waals surface area contributed by atoms with Gasteiger partial charge in [0, 0.05) is 13.1 Å². The van der Waals surface area contributed by atoms with Crippen LogP contribution in [0.4, 0.5) is 0 Å². The maximum atomic E-state index is 5.84. The van der Waals surface area contributed by atoms with Crippen molar-refractivity contribution in [1.82, 2.24) is 4.90 Å². The van der Waals surface area contributed by atoms with Crippen LogP contribution in [0.2, 0.25) is 0 Å². The van der Waals surface area contributed by atoms with E-state index < -0.39 is 0 Å². The molecule has 0 spiro atoms. The molecule has 1 aromatic rings. The normalized spacial score (nSPS) is 24.4. The highest BCUT2D eigenvalue weighted by Gasteiger charge is 2.32. The molecule has 1 aliphatic rings. The van der Waals surface area contributed by atoms with Crippen LogP contribution in [0.3, 0.4) is 0 Å². The minimum Gasteiger partial charge on any atom is -0.494 e. The first-order valence-corrected chi connectivity index (χ1v) is 6.79. The molecule has 100 valence electrons. The Hall–Kier alpha value is -1.06. The third-order valence-electron chi connectivity index (χ3n) is 3.75. The molecule has 1 aliphatic heterocycles. The number of nitrogens with zero attached hydrogens (tertiary/aromatic N) is 1. The molecule has 3 nitrogen and oxygen atoms in total. The average Bonchev–Trinajstić information content (AvgIpc) is 2.73. The number of ether oxygens (including phenoxy) is 1. The molecule has 18 heavy (non-hydrogen) atoms. The molecular formula is C15H24N2O. The fourth-order valence-corrected chi connectivity index (χ4v) is 2.59. The highest BCUT2D eigenvalue weighted by atomic mass is 16.5. The molecule has 0 amide bonds. The van der Waals surface area contributed by atoms with Crippen molar-refractivity contribution in [2.75, 3.05) is 26.2 Å². The molecule has 0 radical (unpaired) electrons. The lowest BCUT2D eigenvalue weighted by molar-refractivity contribution is 0.274. The fraction of sp³-hybridized carbons (Fsp3) is 0.600. The van der Waals surface area contributed by atoms with Crippen molar-refractivity contribution in [3.8, 4) is 5.75 Å². The van der Waals surface area contributed by atoms with Gasteiger partial charge in [0.05, 0.1) is 6.61 Å². The van der Waals surface area contributed by atoms with Gasteiger partial charge in [0.15, 0.2) is 0 Å². The van der Waals surface area contributed by atoms with Gasteiger partial charge in [-0.05, 0) is 49.5 Å². The second-order valence-electron chi connectivity index (χ2n) is 5.56. The molecule has 2 rings (SSSR count). The molecule has 2 N–H and O–H groups in total. The summed E-state index contributed by atoms with van der Waals surface area (Å²) in [5.74, 6) is 0.968. The zero-order valence-electron chi connectivity index (χ0n) is 11.5. The van der Waals surface area contributed by atoms with Crippen LogP contribution in [-0.4, -0.2) is 31.1 Å². The quantitative estimate of drug-likeness (QED) is 0.868. The highest BCUT2D eigenvalue weighted by molar-refractivity contribution is 5.28. The van der Waals surface area contributed by atoms with Gasteiger partial charge in [-0.2, -0.15) is 0 Å². The van der Waals surface area contributed by atoms with Gasteiger partial charge in [-0.1, -0.05) is 19.1 Å². The van der Waals surface area contributed by atoms with Crippen LogP contribution >= 0.6 is 0 Å². The maximum absolute atomic E-state index is 5.84. The van der Waals surface area contributed by atoms with E-state index in [-0.39, 0.29) is 0 Å². The van der Waals surface area contributed by atoms with Crippen molar-refractivity contribution >= 4 is 0 Å². The predicted octanol–water partition coefficient (Wildman–Crippen LogP) is 2.26. The van der Waals surface area contributed by atoms with Gasteiger partial charge in [0.2, 0.25) is 0 Å². The average molecular weight is 248 g/mol. The number of benzene rings is 1. The third-order valence-corrected chi connectivity index (χ3v) is 3.75. The van der Waals surface area contributed by atoms with E-state index in [1.807, 2.05) is 13.0 Å². The summed E-state index contributed by atoms with van der Waals surface area (Å²) < 4.78 is 5.53. The number of likely N-dealkylation sites (tertiary alicyclic amines) is 1. The van der Waals surface area contributed by atoms with Crippen molar-refractivity contribution in [2.45, 2.75) is 26.8 Å². The summed E-state index contributed by atoms with van der Waals surface area (Å²) in [7, 11) is 0. The SMILES string of the molecule is CCOc1cccc(CN2CCC(C)(CN)C2)c1. The molecule has 1 unspecified atom stereocenters. The zero-order chi connectivity index (χ0) is 13.0. The van der Waals surface area contributed by atoms with Crippen LogP contribution in [-0.2, 0) is 6.54 Å². The Morgan fingerprint density at radius 3 is 2.94 bits per heavy atom. The summed E-state index contributed by atoms with van der Waals surface area (Å²) in [6.07, 6.45) is 1.20. The Labute approximate surface area is 110 Å². The summed E-state index contributed by atoms with van der Waals surface area (Å²) in [6, 6.07) is 8.39. The Balaban J connectivity index is 1.96. The number of nitrogens with two attached hydrogens (primary N) is 1. The van der Waals surface area contributed by atoms with E-state index in [1.54, 1.807) is 0 Å². The van der Waals surface area contributed by atoms with E-state index >= 15 is 0 Å². The summed E-state index contributed by atoms with van der Waals surface area (Å²) in [4.78, 5) is 2.48. The second kappa shape index (κ2) is 5.72.